The lowest BCUT2D eigenvalue weighted by atomic mass is 10.2. The number of nitrogens with zero attached hydrogens (tertiary/aromatic N) is 1. The predicted molar refractivity (Wildman–Crippen MR) is 74.9 cm³/mol. The summed E-state index contributed by atoms with van der Waals surface area (Å²) >= 11 is 3.34. The van der Waals surface area contributed by atoms with Gasteiger partial charge in [-0.05, 0) is 24.1 Å². The predicted octanol–water partition coefficient (Wildman–Crippen LogP) is 1.26. The lowest BCUT2D eigenvalue weighted by Crippen LogP contribution is -2.24. The molecule has 8 heteroatoms. The first-order chi connectivity index (χ1) is 8.82. The molecule has 1 unspecified atom stereocenters. The Morgan fingerprint density at radius 3 is 2.63 bits per heavy atom. The van der Waals surface area contributed by atoms with Crippen LogP contribution in [0.25, 0.3) is 0 Å². The number of benzene rings is 1. The summed E-state index contributed by atoms with van der Waals surface area (Å²) in [5, 5.41) is 0.730. The average Bonchev–Trinajstić information content (AvgIpc) is 2.68. The monoisotopic (exact) mass is 348 g/mol. The van der Waals surface area contributed by atoms with Gasteiger partial charge in [-0.2, -0.15) is 8.42 Å². The van der Waals surface area contributed by atoms with Crippen molar-refractivity contribution in [3.05, 3.63) is 18.2 Å². The van der Waals surface area contributed by atoms with Crippen molar-refractivity contribution in [1.82, 2.24) is 0 Å². The first-order valence-corrected chi connectivity index (χ1v) is 8.12. The van der Waals surface area contributed by atoms with Gasteiger partial charge in [0, 0.05) is 24.0 Å². The van der Waals surface area contributed by atoms with E-state index in [2.05, 4.69) is 15.9 Å². The number of hydrogen-bond acceptors (Lipinski definition) is 4. The second kappa shape index (κ2) is 5.10. The Kier molecular flexibility index (Phi) is 3.84. The number of rotatable bonds is 3. The van der Waals surface area contributed by atoms with Crippen molar-refractivity contribution < 1.29 is 17.8 Å². The summed E-state index contributed by atoms with van der Waals surface area (Å²) in [5.41, 5.74) is 6.07. The van der Waals surface area contributed by atoms with Gasteiger partial charge in [0.25, 0.3) is 10.1 Å². The van der Waals surface area contributed by atoms with E-state index in [1.165, 1.54) is 18.2 Å². The van der Waals surface area contributed by atoms with Gasteiger partial charge in [-0.3, -0.25) is 9.35 Å². The fourth-order valence-corrected chi connectivity index (χ4v) is 3.10. The molecule has 3 N–H and O–H groups in total. The molecule has 1 saturated heterocycles. The smallest absolute Gasteiger partial charge is 0.296 e. The molecule has 0 radical (unpaired) electrons. The Hall–Kier alpha value is -1.12. The van der Waals surface area contributed by atoms with E-state index in [-0.39, 0.29) is 22.4 Å². The number of amides is 1. The number of anilines is 2. The molecule has 1 aliphatic heterocycles. The van der Waals surface area contributed by atoms with E-state index in [0.717, 1.165) is 5.33 Å². The van der Waals surface area contributed by atoms with Crippen LogP contribution in [-0.4, -0.2) is 30.8 Å². The van der Waals surface area contributed by atoms with Gasteiger partial charge in [-0.25, -0.2) is 0 Å². The Labute approximate surface area is 119 Å². The highest BCUT2D eigenvalue weighted by molar-refractivity contribution is 9.09. The van der Waals surface area contributed by atoms with Crippen molar-refractivity contribution in [3.8, 4) is 0 Å². The molecule has 2 rings (SSSR count). The molecule has 1 atom stereocenters. The molecule has 0 aromatic heterocycles. The summed E-state index contributed by atoms with van der Waals surface area (Å²) in [6, 6.07) is 4.06. The summed E-state index contributed by atoms with van der Waals surface area (Å²) in [6.07, 6.45) is 0.450. The average molecular weight is 349 g/mol. The number of nitrogen functional groups attached to an aromatic ring is 1. The molecule has 1 aromatic rings. The number of hydrogen-bond donors (Lipinski definition) is 2. The van der Waals surface area contributed by atoms with Crippen LogP contribution >= 0.6 is 15.9 Å². The molecule has 1 aromatic carbocycles. The first-order valence-electron chi connectivity index (χ1n) is 5.56. The van der Waals surface area contributed by atoms with E-state index in [0.29, 0.717) is 18.7 Å². The number of carbonyl (C=O) groups is 1. The minimum atomic E-state index is -4.34. The molecule has 0 saturated carbocycles. The molecule has 0 spiro atoms. The van der Waals surface area contributed by atoms with Crippen LogP contribution in [0.15, 0.2) is 23.1 Å². The van der Waals surface area contributed by atoms with E-state index in [4.69, 9.17) is 10.3 Å². The van der Waals surface area contributed by atoms with Gasteiger partial charge < -0.3 is 10.6 Å². The van der Waals surface area contributed by atoms with E-state index in [1.54, 1.807) is 4.90 Å². The Morgan fingerprint density at radius 2 is 2.16 bits per heavy atom. The largest absolute Gasteiger partial charge is 0.398 e. The Morgan fingerprint density at radius 1 is 1.47 bits per heavy atom. The number of alkyl halides is 1. The molecule has 6 nitrogen and oxygen atoms in total. The van der Waals surface area contributed by atoms with E-state index < -0.39 is 10.1 Å². The Balaban J connectivity index is 2.33. The van der Waals surface area contributed by atoms with Crippen LogP contribution in [-0.2, 0) is 14.9 Å². The molecule has 0 aliphatic carbocycles. The zero-order valence-electron chi connectivity index (χ0n) is 9.91. The maximum atomic E-state index is 11.8. The summed E-state index contributed by atoms with van der Waals surface area (Å²) in [6.45, 7) is 0.564. The fourth-order valence-electron chi connectivity index (χ4n) is 2.07. The van der Waals surface area contributed by atoms with Crippen LogP contribution in [0.1, 0.15) is 6.42 Å². The van der Waals surface area contributed by atoms with Crippen LogP contribution < -0.4 is 10.6 Å². The van der Waals surface area contributed by atoms with E-state index in [1.807, 2.05) is 0 Å². The van der Waals surface area contributed by atoms with E-state index in [9.17, 15) is 13.2 Å². The van der Waals surface area contributed by atoms with Gasteiger partial charge in [-0.15, -0.1) is 0 Å². The van der Waals surface area contributed by atoms with Crippen molar-refractivity contribution in [2.75, 3.05) is 22.5 Å². The number of carbonyl (C=O) groups excluding carboxylic acids is 1. The van der Waals surface area contributed by atoms with Crippen LogP contribution in [0.5, 0.6) is 0 Å². The third-order valence-electron chi connectivity index (χ3n) is 3.01. The summed E-state index contributed by atoms with van der Waals surface area (Å²) < 4.78 is 31.0. The van der Waals surface area contributed by atoms with Crippen LogP contribution in [0.2, 0.25) is 0 Å². The number of nitrogens with two attached hydrogens (primary N) is 1. The highest BCUT2D eigenvalue weighted by Crippen LogP contribution is 2.30. The minimum absolute atomic E-state index is 0.0246. The van der Waals surface area contributed by atoms with Gasteiger partial charge in [0.1, 0.15) is 4.90 Å². The molecule has 1 fully saturated rings. The normalized spacial score (nSPS) is 20.0. The summed E-state index contributed by atoms with van der Waals surface area (Å²) in [7, 11) is -4.34. The molecule has 104 valence electrons. The molecule has 0 bridgehead atoms. The lowest BCUT2D eigenvalue weighted by Gasteiger charge is -2.17. The summed E-state index contributed by atoms with van der Waals surface area (Å²) in [5.74, 6) is 0.207. The Bertz CT molecular complexity index is 617. The number of halogens is 1. The SMILES string of the molecule is Nc1cc(N2CC(CBr)CC2=O)ccc1S(=O)(=O)O. The second-order valence-corrected chi connectivity index (χ2v) is 6.46. The van der Waals surface area contributed by atoms with Crippen molar-refractivity contribution in [2.45, 2.75) is 11.3 Å². The molecule has 19 heavy (non-hydrogen) atoms. The van der Waals surface area contributed by atoms with Crippen LogP contribution in [0, 0.1) is 5.92 Å². The van der Waals surface area contributed by atoms with Crippen molar-refractivity contribution in [3.63, 3.8) is 0 Å². The van der Waals surface area contributed by atoms with Gasteiger partial charge in [0.05, 0.1) is 5.69 Å². The zero-order valence-corrected chi connectivity index (χ0v) is 12.3. The minimum Gasteiger partial charge on any atom is -0.398 e. The maximum absolute atomic E-state index is 11.8. The zero-order chi connectivity index (χ0) is 14.2. The third-order valence-corrected chi connectivity index (χ3v) is 4.85. The maximum Gasteiger partial charge on any atom is 0.296 e. The first kappa shape index (κ1) is 14.3. The molecule has 1 amide bonds. The van der Waals surface area contributed by atoms with Crippen molar-refractivity contribution in [2.24, 2.45) is 5.92 Å². The third kappa shape index (κ3) is 2.90. The van der Waals surface area contributed by atoms with Crippen LogP contribution in [0.4, 0.5) is 11.4 Å². The molecule has 1 aliphatic rings. The highest BCUT2D eigenvalue weighted by atomic mass is 79.9. The van der Waals surface area contributed by atoms with Gasteiger partial charge >= 0.3 is 0 Å². The van der Waals surface area contributed by atoms with Gasteiger partial charge in [0.2, 0.25) is 5.91 Å². The van der Waals surface area contributed by atoms with Gasteiger partial charge in [-0.1, -0.05) is 15.9 Å². The second-order valence-electron chi connectivity index (χ2n) is 4.43. The molecular weight excluding hydrogens is 336 g/mol. The quantitative estimate of drug-likeness (QED) is 0.486. The molecular formula is C11H13BrN2O4S. The van der Waals surface area contributed by atoms with Crippen molar-refractivity contribution in [1.29, 1.82) is 0 Å². The summed E-state index contributed by atoms with van der Waals surface area (Å²) in [4.78, 5) is 13.1. The van der Waals surface area contributed by atoms with Crippen molar-refractivity contribution >= 4 is 43.3 Å². The van der Waals surface area contributed by atoms with Gasteiger partial charge in [0.15, 0.2) is 0 Å². The molecule has 1 heterocycles. The lowest BCUT2D eigenvalue weighted by molar-refractivity contribution is -0.117. The topological polar surface area (TPSA) is 101 Å². The highest BCUT2D eigenvalue weighted by Gasteiger charge is 2.30. The van der Waals surface area contributed by atoms with Crippen LogP contribution in [0.3, 0.4) is 0 Å². The standard InChI is InChI=1S/C11H13BrN2O4S/c12-5-7-3-11(15)14(6-7)8-1-2-10(9(13)4-8)19(16,17)18/h1-2,4,7H,3,5-6,13H2,(H,16,17,18). The fraction of sp³-hybridized carbons (Fsp3) is 0.364. The van der Waals surface area contributed by atoms with E-state index >= 15 is 0 Å².